The Morgan fingerprint density at radius 1 is 1.35 bits per heavy atom. The van der Waals surface area contributed by atoms with E-state index in [0.29, 0.717) is 0 Å². The maximum absolute atomic E-state index is 6.72. The lowest BCUT2D eigenvalue weighted by Gasteiger charge is -2.17. The fourth-order valence-corrected chi connectivity index (χ4v) is 4.14. The predicted molar refractivity (Wildman–Crippen MR) is 86.4 cm³/mol. The van der Waals surface area contributed by atoms with E-state index in [1.54, 1.807) is 11.3 Å². The Kier molecular flexibility index (Phi) is 3.55. The minimum atomic E-state index is -0.0633. The van der Waals surface area contributed by atoms with Crippen molar-refractivity contribution in [3.63, 3.8) is 0 Å². The Labute approximate surface area is 129 Å². The van der Waals surface area contributed by atoms with Crippen LogP contribution in [0.4, 0.5) is 0 Å². The summed E-state index contributed by atoms with van der Waals surface area (Å²) in [6, 6.07) is 8.56. The number of hydrogen-bond donors (Lipinski definition) is 0. The Balaban J connectivity index is 2.00. The molecule has 1 aliphatic heterocycles. The number of thiophene rings is 1. The zero-order valence-electron chi connectivity index (χ0n) is 12.1. The lowest BCUT2D eigenvalue weighted by atomic mass is 9.85. The number of alkyl halides is 1. The highest BCUT2D eigenvalue weighted by Crippen LogP contribution is 2.42. The van der Waals surface area contributed by atoms with Gasteiger partial charge in [-0.05, 0) is 41.1 Å². The van der Waals surface area contributed by atoms with Crippen LogP contribution in [0, 0.1) is 0 Å². The Morgan fingerprint density at radius 3 is 2.90 bits per heavy atom. The van der Waals surface area contributed by atoms with Crippen molar-refractivity contribution in [2.75, 3.05) is 6.61 Å². The topological polar surface area (TPSA) is 9.23 Å². The van der Waals surface area contributed by atoms with Gasteiger partial charge >= 0.3 is 0 Å². The largest absolute Gasteiger partial charge is 0.492 e. The normalized spacial score (nSPS) is 17.6. The highest BCUT2D eigenvalue weighted by Gasteiger charge is 2.32. The number of fused-ring (bicyclic) bond motifs is 1. The van der Waals surface area contributed by atoms with Crippen molar-refractivity contribution >= 4 is 22.9 Å². The molecule has 1 aliphatic rings. The van der Waals surface area contributed by atoms with Gasteiger partial charge in [0, 0.05) is 15.9 Å². The fourth-order valence-electron chi connectivity index (χ4n) is 2.71. The molecular formula is C17H19ClOS. The van der Waals surface area contributed by atoms with E-state index < -0.39 is 0 Å². The maximum atomic E-state index is 6.72. The standard InChI is InChI=1S/C17H19ClOS/c1-4-11-7-8-20-16(11)15(18)12-5-6-14-13(9-12)17(2,3)10-19-14/h5-9,15H,4,10H2,1-3H3. The molecule has 0 bridgehead atoms. The maximum Gasteiger partial charge on any atom is 0.123 e. The van der Waals surface area contributed by atoms with E-state index >= 15 is 0 Å². The van der Waals surface area contributed by atoms with Gasteiger partial charge in [0.25, 0.3) is 0 Å². The van der Waals surface area contributed by atoms with Gasteiger partial charge in [-0.25, -0.2) is 0 Å². The number of hydrogen-bond acceptors (Lipinski definition) is 2. The number of rotatable bonds is 3. The highest BCUT2D eigenvalue weighted by molar-refractivity contribution is 7.10. The third-order valence-corrected chi connectivity index (χ3v) is 5.63. The summed E-state index contributed by atoms with van der Waals surface area (Å²) >= 11 is 8.47. The van der Waals surface area contributed by atoms with Crippen molar-refractivity contribution in [2.45, 2.75) is 38.0 Å². The molecule has 20 heavy (non-hydrogen) atoms. The van der Waals surface area contributed by atoms with Gasteiger partial charge in [-0.1, -0.05) is 26.8 Å². The minimum absolute atomic E-state index is 0.0633. The number of halogens is 1. The van der Waals surface area contributed by atoms with Gasteiger partial charge < -0.3 is 4.74 Å². The Hall–Kier alpha value is -0.990. The molecule has 1 aromatic carbocycles. The SMILES string of the molecule is CCc1ccsc1C(Cl)c1ccc2c(c1)C(C)(C)CO2. The van der Waals surface area contributed by atoms with Crippen LogP contribution in [0.1, 0.15) is 47.7 Å². The first-order valence-corrected chi connectivity index (χ1v) is 8.32. The molecule has 0 radical (unpaired) electrons. The van der Waals surface area contributed by atoms with E-state index in [4.69, 9.17) is 16.3 Å². The third kappa shape index (κ3) is 2.25. The molecule has 2 heterocycles. The summed E-state index contributed by atoms with van der Waals surface area (Å²) in [5, 5.41) is 2.07. The molecule has 0 N–H and O–H groups in total. The fraction of sp³-hybridized carbons (Fsp3) is 0.412. The van der Waals surface area contributed by atoms with E-state index in [9.17, 15) is 0 Å². The van der Waals surface area contributed by atoms with E-state index in [1.807, 2.05) is 0 Å². The molecule has 106 valence electrons. The lowest BCUT2D eigenvalue weighted by molar-refractivity contribution is 0.291. The highest BCUT2D eigenvalue weighted by atomic mass is 35.5. The molecule has 0 spiro atoms. The van der Waals surface area contributed by atoms with E-state index in [0.717, 1.165) is 18.8 Å². The van der Waals surface area contributed by atoms with Crippen molar-refractivity contribution in [1.29, 1.82) is 0 Å². The number of ether oxygens (including phenoxy) is 1. The molecule has 3 rings (SSSR count). The second-order valence-electron chi connectivity index (χ2n) is 5.95. The van der Waals surface area contributed by atoms with Gasteiger partial charge in [-0.15, -0.1) is 22.9 Å². The van der Waals surface area contributed by atoms with E-state index in [-0.39, 0.29) is 10.8 Å². The second kappa shape index (κ2) is 5.09. The van der Waals surface area contributed by atoms with E-state index in [2.05, 4.69) is 50.4 Å². The first-order chi connectivity index (χ1) is 9.53. The summed E-state index contributed by atoms with van der Waals surface area (Å²) in [6.07, 6.45) is 1.03. The minimum Gasteiger partial charge on any atom is -0.492 e. The Morgan fingerprint density at radius 2 is 2.15 bits per heavy atom. The summed E-state index contributed by atoms with van der Waals surface area (Å²) in [4.78, 5) is 1.27. The van der Waals surface area contributed by atoms with Crippen LogP contribution in [0.25, 0.3) is 0 Å². The molecule has 0 fully saturated rings. The lowest BCUT2D eigenvalue weighted by Crippen LogP contribution is -2.18. The molecule has 0 saturated heterocycles. The molecule has 0 saturated carbocycles. The first-order valence-electron chi connectivity index (χ1n) is 7.00. The average molecular weight is 307 g/mol. The van der Waals surface area contributed by atoms with Crippen LogP contribution >= 0.6 is 22.9 Å². The number of benzene rings is 1. The van der Waals surface area contributed by atoms with Gasteiger partial charge in [-0.3, -0.25) is 0 Å². The quantitative estimate of drug-likeness (QED) is 0.698. The summed E-state index contributed by atoms with van der Waals surface area (Å²) in [6.45, 7) is 7.36. The zero-order chi connectivity index (χ0) is 14.3. The molecule has 1 nitrogen and oxygen atoms in total. The monoisotopic (exact) mass is 306 g/mol. The average Bonchev–Trinajstić information content (AvgIpc) is 3.03. The van der Waals surface area contributed by atoms with Gasteiger partial charge in [0.2, 0.25) is 0 Å². The number of aryl methyl sites for hydroxylation is 1. The first kappa shape index (κ1) is 14.0. The third-order valence-electron chi connectivity index (χ3n) is 4.01. The van der Waals surface area contributed by atoms with Crippen molar-refractivity contribution < 1.29 is 4.74 Å². The predicted octanol–water partition coefficient (Wildman–Crippen LogP) is 5.31. The molecule has 1 unspecified atom stereocenters. The molecule has 0 amide bonds. The molecule has 1 atom stereocenters. The Bertz CT molecular complexity index is 630. The second-order valence-corrected chi connectivity index (χ2v) is 7.34. The van der Waals surface area contributed by atoms with Crippen molar-refractivity contribution in [1.82, 2.24) is 0 Å². The summed E-state index contributed by atoms with van der Waals surface area (Å²) in [5.74, 6) is 1.00. The summed E-state index contributed by atoms with van der Waals surface area (Å²) in [7, 11) is 0. The van der Waals surface area contributed by atoms with Crippen molar-refractivity contribution in [3.8, 4) is 5.75 Å². The molecule has 3 heteroatoms. The van der Waals surface area contributed by atoms with Crippen molar-refractivity contribution in [2.24, 2.45) is 0 Å². The van der Waals surface area contributed by atoms with Gasteiger partial charge in [0.1, 0.15) is 5.75 Å². The summed E-state index contributed by atoms with van der Waals surface area (Å²) in [5.41, 5.74) is 3.87. The summed E-state index contributed by atoms with van der Waals surface area (Å²) < 4.78 is 5.74. The van der Waals surface area contributed by atoms with Crippen LogP contribution in [0.3, 0.4) is 0 Å². The molecule has 0 aliphatic carbocycles. The van der Waals surface area contributed by atoms with Gasteiger partial charge in [0.05, 0.1) is 12.0 Å². The van der Waals surface area contributed by atoms with E-state index in [1.165, 1.54) is 21.6 Å². The molecule has 1 aromatic heterocycles. The van der Waals surface area contributed by atoms with Crippen LogP contribution in [-0.4, -0.2) is 6.61 Å². The van der Waals surface area contributed by atoms with Crippen LogP contribution in [0.5, 0.6) is 5.75 Å². The van der Waals surface area contributed by atoms with Crippen LogP contribution in [0.15, 0.2) is 29.6 Å². The molecular weight excluding hydrogens is 288 g/mol. The molecule has 2 aromatic rings. The smallest absolute Gasteiger partial charge is 0.123 e. The van der Waals surface area contributed by atoms with Crippen LogP contribution in [0.2, 0.25) is 0 Å². The van der Waals surface area contributed by atoms with Crippen molar-refractivity contribution in [3.05, 3.63) is 51.2 Å². The van der Waals surface area contributed by atoms with Crippen LogP contribution < -0.4 is 4.74 Å². The van der Waals surface area contributed by atoms with Gasteiger partial charge in [0.15, 0.2) is 0 Å². The van der Waals surface area contributed by atoms with Gasteiger partial charge in [-0.2, -0.15) is 0 Å². The van der Waals surface area contributed by atoms with Crippen LogP contribution in [-0.2, 0) is 11.8 Å². The zero-order valence-corrected chi connectivity index (χ0v) is 13.6.